The molecule has 2 aliphatic rings. The third-order valence-electron chi connectivity index (χ3n) is 3.93. The zero-order valence-corrected chi connectivity index (χ0v) is 14.1. The van der Waals surface area contributed by atoms with Gasteiger partial charge < -0.3 is 9.84 Å². The topological polar surface area (TPSA) is 35.9 Å². The normalized spacial score (nSPS) is 38.9. The number of rotatable bonds is 4. The van der Waals surface area contributed by atoms with E-state index in [-0.39, 0.29) is 18.3 Å². The maximum absolute atomic E-state index is 10.4. The number of ether oxygens (including phenoxy) is 1. The Hall–Kier alpha value is 0.190. The van der Waals surface area contributed by atoms with Crippen LogP contribution in [0.15, 0.2) is 0 Å². The second-order valence-electron chi connectivity index (χ2n) is 6.61. The van der Waals surface area contributed by atoms with E-state index in [1.54, 1.807) is 0 Å². The molecule has 4 nitrogen and oxygen atoms in total. The van der Waals surface area contributed by atoms with Gasteiger partial charge in [-0.3, -0.25) is 9.80 Å². The van der Waals surface area contributed by atoms with Gasteiger partial charge in [0.25, 0.3) is 0 Å². The lowest BCUT2D eigenvalue weighted by molar-refractivity contribution is -0.0780. The van der Waals surface area contributed by atoms with Crippen molar-refractivity contribution >= 4 is 11.8 Å². The fraction of sp³-hybridized carbons (Fsp3) is 1.00. The van der Waals surface area contributed by atoms with Crippen molar-refractivity contribution in [2.75, 3.05) is 39.3 Å². The van der Waals surface area contributed by atoms with Crippen LogP contribution in [-0.2, 0) is 4.74 Å². The summed E-state index contributed by atoms with van der Waals surface area (Å²) in [6.45, 7) is 14.4. The summed E-state index contributed by atoms with van der Waals surface area (Å²) in [6.07, 6.45) is 0.296. The highest BCUT2D eigenvalue weighted by molar-refractivity contribution is 8.00. The standard InChI is InChI=1S/C15H30N2O2S/c1-11-5-16(6-12(2)19-11)9-15(18)10-17-7-13(3)20-14(4)8-17/h11-15,18H,5-10H2,1-4H3. The van der Waals surface area contributed by atoms with Gasteiger partial charge in [0, 0.05) is 49.8 Å². The number of hydrogen-bond donors (Lipinski definition) is 1. The quantitative estimate of drug-likeness (QED) is 0.846. The highest BCUT2D eigenvalue weighted by Crippen LogP contribution is 2.24. The maximum atomic E-state index is 10.4. The van der Waals surface area contributed by atoms with Crippen molar-refractivity contribution in [3.8, 4) is 0 Å². The van der Waals surface area contributed by atoms with Crippen molar-refractivity contribution in [1.82, 2.24) is 9.80 Å². The van der Waals surface area contributed by atoms with E-state index in [9.17, 15) is 5.11 Å². The molecule has 0 radical (unpaired) electrons. The first-order chi connectivity index (χ1) is 9.42. The predicted octanol–water partition coefficient (Wildman–Crippen LogP) is 1.28. The van der Waals surface area contributed by atoms with Gasteiger partial charge in [-0.1, -0.05) is 13.8 Å². The molecule has 2 heterocycles. The fourth-order valence-electron chi connectivity index (χ4n) is 3.52. The summed E-state index contributed by atoms with van der Waals surface area (Å²) in [6, 6.07) is 0. The van der Waals surface area contributed by atoms with Crippen molar-refractivity contribution in [3.05, 3.63) is 0 Å². The Morgan fingerprint density at radius 3 is 1.90 bits per heavy atom. The van der Waals surface area contributed by atoms with E-state index in [2.05, 4.69) is 49.3 Å². The second kappa shape index (κ2) is 7.45. The summed E-state index contributed by atoms with van der Waals surface area (Å²) in [5, 5.41) is 11.7. The van der Waals surface area contributed by atoms with Crippen molar-refractivity contribution < 1.29 is 9.84 Å². The molecule has 5 unspecified atom stereocenters. The maximum Gasteiger partial charge on any atom is 0.0793 e. The van der Waals surface area contributed by atoms with Gasteiger partial charge in [-0.25, -0.2) is 0 Å². The molecule has 0 aromatic heterocycles. The zero-order valence-electron chi connectivity index (χ0n) is 13.3. The molecule has 5 heteroatoms. The number of β-amino-alcohol motifs (C(OH)–C–C–N with tert-alkyl or cyclic N) is 1. The molecule has 0 bridgehead atoms. The largest absolute Gasteiger partial charge is 0.390 e. The van der Waals surface area contributed by atoms with Gasteiger partial charge in [-0.05, 0) is 13.8 Å². The smallest absolute Gasteiger partial charge is 0.0793 e. The minimum absolute atomic E-state index is 0.255. The highest BCUT2D eigenvalue weighted by atomic mass is 32.2. The van der Waals surface area contributed by atoms with Gasteiger partial charge in [0.1, 0.15) is 0 Å². The van der Waals surface area contributed by atoms with Crippen LogP contribution < -0.4 is 0 Å². The van der Waals surface area contributed by atoms with Crippen LogP contribution in [0, 0.1) is 0 Å². The van der Waals surface area contributed by atoms with Gasteiger partial charge in [0.2, 0.25) is 0 Å². The number of morpholine rings is 1. The Morgan fingerprint density at radius 1 is 0.950 bits per heavy atom. The summed E-state index contributed by atoms with van der Waals surface area (Å²) >= 11 is 2.06. The minimum atomic E-state index is -0.255. The molecule has 20 heavy (non-hydrogen) atoms. The van der Waals surface area contributed by atoms with Crippen LogP contribution in [0.25, 0.3) is 0 Å². The molecule has 0 aromatic rings. The van der Waals surface area contributed by atoms with E-state index < -0.39 is 0 Å². The van der Waals surface area contributed by atoms with E-state index >= 15 is 0 Å². The van der Waals surface area contributed by atoms with E-state index in [1.165, 1.54) is 0 Å². The Kier molecular flexibility index (Phi) is 6.17. The molecule has 2 fully saturated rings. The van der Waals surface area contributed by atoms with Crippen LogP contribution >= 0.6 is 11.8 Å². The van der Waals surface area contributed by atoms with Crippen LogP contribution in [0.2, 0.25) is 0 Å². The Labute approximate surface area is 127 Å². The SMILES string of the molecule is CC1CN(CC(O)CN2CC(C)SC(C)C2)CC(C)O1. The summed E-state index contributed by atoms with van der Waals surface area (Å²) in [5.74, 6) is 0. The molecule has 5 atom stereocenters. The van der Waals surface area contributed by atoms with Gasteiger partial charge in [0.15, 0.2) is 0 Å². The zero-order chi connectivity index (χ0) is 14.7. The molecule has 2 saturated heterocycles. The molecule has 1 N–H and O–H groups in total. The van der Waals surface area contributed by atoms with Crippen LogP contribution in [-0.4, -0.2) is 83.0 Å². The van der Waals surface area contributed by atoms with Crippen LogP contribution in [0.4, 0.5) is 0 Å². The lowest BCUT2D eigenvalue weighted by Crippen LogP contribution is -2.51. The Bertz CT molecular complexity index is 258. The van der Waals surface area contributed by atoms with Crippen molar-refractivity contribution in [1.29, 1.82) is 0 Å². The average molecular weight is 302 g/mol. The number of thioether (sulfide) groups is 1. The predicted molar refractivity (Wildman–Crippen MR) is 85.4 cm³/mol. The molecule has 0 amide bonds. The number of aliphatic hydroxyl groups excluding tert-OH is 1. The fourth-order valence-corrected chi connectivity index (χ4v) is 4.91. The first-order valence-corrected chi connectivity index (χ1v) is 8.80. The van der Waals surface area contributed by atoms with Crippen molar-refractivity contribution in [2.45, 2.75) is 56.5 Å². The van der Waals surface area contributed by atoms with E-state index in [1.807, 2.05) is 0 Å². The third kappa shape index (κ3) is 5.19. The Balaban J connectivity index is 1.75. The van der Waals surface area contributed by atoms with Crippen molar-refractivity contribution in [2.24, 2.45) is 0 Å². The summed E-state index contributed by atoms with van der Waals surface area (Å²) in [4.78, 5) is 4.76. The molecule has 0 aliphatic carbocycles. The summed E-state index contributed by atoms with van der Waals surface area (Å²) in [5.41, 5.74) is 0. The summed E-state index contributed by atoms with van der Waals surface area (Å²) < 4.78 is 5.74. The van der Waals surface area contributed by atoms with Crippen molar-refractivity contribution in [3.63, 3.8) is 0 Å². The van der Waals surface area contributed by atoms with Gasteiger partial charge >= 0.3 is 0 Å². The summed E-state index contributed by atoms with van der Waals surface area (Å²) in [7, 11) is 0. The first-order valence-electron chi connectivity index (χ1n) is 7.86. The molecule has 2 aliphatic heterocycles. The molecule has 0 spiro atoms. The average Bonchev–Trinajstić information content (AvgIpc) is 2.24. The molecule has 118 valence electrons. The molecule has 0 saturated carbocycles. The van der Waals surface area contributed by atoms with Crippen LogP contribution in [0.5, 0.6) is 0 Å². The number of hydrogen-bond acceptors (Lipinski definition) is 5. The van der Waals surface area contributed by atoms with E-state index in [4.69, 9.17) is 4.74 Å². The van der Waals surface area contributed by atoms with Crippen LogP contribution in [0.1, 0.15) is 27.7 Å². The van der Waals surface area contributed by atoms with Gasteiger partial charge in [0.05, 0.1) is 18.3 Å². The monoisotopic (exact) mass is 302 g/mol. The lowest BCUT2D eigenvalue weighted by Gasteiger charge is -2.39. The first kappa shape index (κ1) is 16.6. The van der Waals surface area contributed by atoms with Gasteiger partial charge in [-0.15, -0.1) is 0 Å². The minimum Gasteiger partial charge on any atom is -0.390 e. The Morgan fingerprint density at radius 2 is 1.40 bits per heavy atom. The van der Waals surface area contributed by atoms with Gasteiger partial charge in [-0.2, -0.15) is 11.8 Å². The highest BCUT2D eigenvalue weighted by Gasteiger charge is 2.27. The second-order valence-corrected chi connectivity index (χ2v) is 8.49. The van der Waals surface area contributed by atoms with E-state index in [0.717, 1.165) is 39.3 Å². The number of aliphatic hydroxyl groups is 1. The lowest BCUT2D eigenvalue weighted by atomic mass is 10.2. The van der Waals surface area contributed by atoms with Crippen LogP contribution in [0.3, 0.4) is 0 Å². The third-order valence-corrected chi connectivity index (χ3v) is 5.16. The molecular formula is C15H30N2O2S. The van der Waals surface area contributed by atoms with E-state index in [0.29, 0.717) is 10.5 Å². The molecular weight excluding hydrogens is 272 g/mol. The molecule has 0 aromatic carbocycles. The number of nitrogens with zero attached hydrogens (tertiary/aromatic N) is 2. The molecule has 2 rings (SSSR count).